The highest BCUT2D eigenvalue weighted by atomic mass is 16.2. The number of hydrazine groups is 1. The van der Waals surface area contributed by atoms with E-state index in [2.05, 4.69) is 15.7 Å². The zero-order valence-electron chi connectivity index (χ0n) is 14.7. The van der Waals surface area contributed by atoms with Gasteiger partial charge in [-0.25, -0.2) is 4.79 Å². The number of aryl methyl sites for hydroxylation is 1. The third kappa shape index (κ3) is 2.64. The van der Waals surface area contributed by atoms with Crippen LogP contribution in [0, 0.1) is 6.92 Å². The van der Waals surface area contributed by atoms with Crippen LogP contribution in [-0.4, -0.2) is 33.4 Å². The first-order valence-corrected chi connectivity index (χ1v) is 9.02. The average molecular weight is 354 g/mol. The maximum absolute atomic E-state index is 12.7. The Labute approximate surface area is 151 Å². The van der Waals surface area contributed by atoms with Crippen molar-refractivity contribution in [3.05, 3.63) is 35.5 Å². The number of para-hydroxylation sites is 1. The Kier molecular flexibility index (Phi) is 3.94. The number of benzene rings is 1. The molecule has 1 aliphatic heterocycles. The molecule has 4 rings (SSSR count). The highest BCUT2D eigenvalue weighted by Gasteiger charge is 2.52. The lowest BCUT2D eigenvalue weighted by molar-refractivity contribution is -0.139. The predicted octanol–water partition coefficient (Wildman–Crippen LogP) is 2.30. The molecule has 0 atom stereocenters. The molecule has 0 bridgehead atoms. The van der Waals surface area contributed by atoms with Crippen molar-refractivity contribution in [2.24, 2.45) is 0 Å². The number of H-pyrrole nitrogens is 1. The van der Waals surface area contributed by atoms with Crippen LogP contribution < -0.4 is 10.7 Å². The highest BCUT2D eigenvalue weighted by Crippen LogP contribution is 2.33. The molecule has 1 aliphatic carbocycles. The van der Waals surface area contributed by atoms with Gasteiger partial charge in [-0.3, -0.25) is 15.0 Å². The van der Waals surface area contributed by atoms with E-state index in [1.807, 2.05) is 31.2 Å². The number of carbonyl (C=O) groups excluding carboxylic acids is 3. The first-order chi connectivity index (χ1) is 12.5. The van der Waals surface area contributed by atoms with Crippen molar-refractivity contribution in [1.29, 1.82) is 0 Å². The zero-order chi connectivity index (χ0) is 18.3. The van der Waals surface area contributed by atoms with Crippen LogP contribution in [0.5, 0.6) is 0 Å². The first kappa shape index (κ1) is 16.6. The number of rotatable bonds is 3. The second kappa shape index (κ2) is 6.16. The van der Waals surface area contributed by atoms with Crippen LogP contribution in [-0.2, 0) is 16.0 Å². The first-order valence-electron chi connectivity index (χ1n) is 9.02. The number of fused-ring (bicyclic) bond motifs is 1. The van der Waals surface area contributed by atoms with Crippen LogP contribution >= 0.6 is 0 Å². The summed E-state index contributed by atoms with van der Waals surface area (Å²) in [6, 6.07) is 7.21. The monoisotopic (exact) mass is 354 g/mol. The Bertz CT molecular complexity index is 895. The summed E-state index contributed by atoms with van der Waals surface area (Å²) in [7, 11) is 0. The van der Waals surface area contributed by atoms with Gasteiger partial charge in [-0.2, -0.15) is 5.01 Å². The number of imide groups is 1. The minimum Gasteiger partial charge on any atom is -0.358 e. The number of urea groups is 1. The van der Waals surface area contributed by atoms with Crippen LogP contribution in [0.1, 0.15) is 43.4 Å². The van der Waals surface area contributed by atoms with E-state index in [0.717, 1.165) is 46.4 Å². The number of nitrogens with one attached hydrogen (secondary N) is 3. The summed E-state index contributed by atoms with van der Waals surface area (Å²) in [5.41, 5.74) is 4.40. The van der Waals surface area contributed by atoms with Gasteiger partial charge in [-0.1, -0.05) is 37.5 Å². The van der Waals surface area contributed by atoms with Crippen molar-refractivity contribution < 1.29 is 14.4 Å². The van der Waals surface area contributed by atoms with Crippen LogP contribution in [0.4, 0.5) is 4.79 Å². The summed E-state index contributed by atoms with van der Waals surface area (Å²) in [6.45, 7) is 1.91. The average Bonchev–Trinajstić information content (AvgIpc) is 3.05. The number of nitrogens with zero attached hydrogens (tertiary/aromatic N) is 1. The molecule has 2 aromatic rings. The SMILES string of the molecule is Cc1[nH]c2ccccc2c1CC(=O)NN1C(=O)NC2(CCCCC2)C1=O. The van der Waals surface area contributed by atoms with Gasteiger partial charge in [-0.15, -0.1) is 0 Å². The largest absolute Gasteiger partial charge is 0.358 e. The van der Waals surface area contributed by atoms with Gasteiger partial charge in [0.25, 0.3) is 5.91 Å². The van der Waals surface area contributed by atoms with Gasteiger partial charge in [0.15, 0.2) is 0 Å². The molecule has 1 aromatic carbocycles. The molecule has 136 valence electrons. The Morgan fingerprint density at radius 2 is 1.92 bits per heavy atom. The third-order valence-electron chi connectivity index (χ3n) is 5.47. The minimum absolute atomic E-state index is 0.0971. The van der Waals surface area contributed by atoms with E-state index in [9.17, 15) is 14.4 Å². The molecule has 4 amide bonds. The zero-order valence-corrected chi connectivity index (χ0v) is 14.7. The quantitative estimate of drug-likeness (QED) is 0.738. The second-order valence-electron chi connectivity index (χ2n) is 7.20. The lowest BCUT2D eigenvalue weighted by Gasteiger charge is -2.30. The minimum atomic E-state index is -0.834. The topological polar surface area (TPSA) is 94.3 Å². The van der Waals surface area contributed by atoms with Crippen LogP contribution in [0.15, 0.2) is 24.3 Å². The van der Waals surface area contributed by atoms with Crippen LogP contribution in [0.2, 0.25) is 0 Å². The Morgan fingerprint density at radius 3 is 2.69 bits per heavy atom. The molecule has 7 heteroatoms. The fraction of sp³-hybridized carbons (Fsp3) is 0.421. The molecule has 0 unspecified atom stereocenters. The van der Waals surface area contributed by atoms with E-state index in [0.29, 0.717) is 12.8 Å². The van der Waals surface area contributed by atoms with Gasteiger partial charge in [0.05, 0.1) is 6.42 Å². The van der Waals surface area contributed by atoms with Gasteiger partial charge in [-0.05, 0) is 31.4 Å². The maximum atomic E-state index is 12.7. The molecule has 3 N–H and O–H groups in total. The van der Waals surface area contributed by atoms with Crippen LogP contribution in [0.3, 0.4) is 0 Å². The van der Waals surface area contributed by atoms with E-state index >= 15 is 0 Å². The molecule has 2 aliphatic rings. The molecule has 1 saturated carbocycles. The summed E-state index contributed by atoms with van der Waals surface area (Å²) in [5, 5.41) is 4.62. The normalized spacial score (nSPS) is 19.2. The lowest BCUT2D eigenvalue weighted by atomic mass is 9.82. The second-order valence-corrected chi connectivity index (χ2v) is 7.20. The molecule has 26 heavy (non-hydrogen) atoms. The molecule has 0 radical (unpaired) electrons. The van der Waals surface area contributed by atoms with Gasteiger partial charge in [0.1, 0.15) is 5.54 Å². The summed E-state index contributed by atoms with van der Waals surface area (Å²) in [5.74, 6) is -0.722. The van der Waals surface area contributed by atoms with E-state index in [4.69, 9.17) is 0 Å². The number of carbonyl (C=O) groups is 3. The van der Waals surface area contributed by atoms with E-state index in [-0.39, 0.29) is 18.2 Å². The fourth-order valence-electron chi connectivity index (χ4n) is 4.10. The Morgan fingerprint density at radius 1 is 1.19 bits per heavy atom. The number of hydrogen-bond acceptors (Lipinski definition) is 3. The fourth-order valence-corrected chi connectivity index (χ4v) is 4.10. The molecule has 7 nitrogen and oxygen atoms in total. The summed E-state index contributed by atoms with van der Waals surface area (Å²) in [4.78, 5) is 40.8. The summed E-state index contributed by atoms with van der Waals surface area (Å²) < 4.78 is 0. The van der Waals surface area contributed by atoms with Crippen molar-refractivity contribution in [3.8, 4) is 0 Å². The van der Waals surface area contributed by atoms with E-state index < -0.39 is 11.6 Å². The molecule has 2 heterocycles. The van der Waals surface area contributed by atoms with Gasteiger partial charge >= 0.3 is 6.03 Å². The third-order valence-corrected chi connectivity index (χ3v) is 5.47. The van der Waals surface area contributed by atoms with Gasteiger partial charge < -0.3 is 10.3 Å². The maximum Gasteiger partial charge on any atom is 0.344 e. The number of aromatic nitrogens is 1. The number of amides is 4. The Balaban J connectivity index is 1.50. The summed E-state index contributed by atoms with van der Waals surface area (Å²) in [6.07, 6.45) is 4.23. The lowest BCUT2D eigenvalue weighted by Crippen LogP contribution is -2.51. The molecule has 1 spiro atoms. The number of aromatic amines is 1. The van der Waals surface area contributed by atoms with Crippen molar-refractivity contribution >= 4 is 28.7 Å². The van der Waals surface area contributed by atoms with E-state index in [1.165, 1.54) is 0 Å². The van der Waals surface area contributed by atoms with Crippen molar-refractivity contribution in [3.63, 3.8) is 0 Å². The van der Waals surface area contributed by atoms with Crippen LogP contribution in [0.25, 0.3) is 10.9 Å². The van der Waals surface area contributed by atoms with E-state index in [1.54, 1.807) is 0 Å². The highest BCUT2D eigenvalue weighted by molar-refractivity contribution is 6.08. The molecular weight excluding hydrogens is 332 g/mol. The van der Waals surface area contributed by atoms with Gasteiger partial charge in [0, 0.05) is 16.6 Å². The Hall–Kier alpha value is -2.83. The van der Waals surface area contributed by atoms with Crippen molar-refractivity contribution in [2.45, 2.75) is 51.0 Å². The smallest absolute Gasteiger partial charge is 0.344 e. The van der Waals surface area contributed by atoms with Crippen molar-refractivity contribution in [1.82, 2.24) is 20.7 Å². The summed E-state index contributed by atoms with van der Waals surface area (Å²) >= 11 is 0. The van der Waals surface area contributed by atoms with Gasteiger partial charge in [0.2, 0.25) is 5.91 Å². The molecular formula is C19H22N4O3. The molecule has 2 fully saturated rings. The number of hydrogen-bond donors (Lipinski definition) is 3. The molecule has 1 saturated heterocycles. The predicted molar refractivity (Wildman–Crippen MR) is 96.1 cm³/mol. The molecule has 1 aromatic heterocycles. The van der Waals surface area contributed by atoms with Crippen molar-refractivity contribution in [2.75, 3.05) is 0 Å². The standard InChI is InChI=1S/C19H22N4O3/c1-12-14(13-7-3-4-8-15(13)20-12)11-16(24)22-23-17(25)19(21-18(23)26)9-5-2-6-10-19/h3-4,7-8,20H,2,5-6,9-11H2,1H3,(H,21,26)(H,22,24).